The van der Waals surface area contributed by atoms with Gasteiger partial charge in [-0.3, -0.25) is 4.90 Å². The molecule has 1 N–H and O–H groups in total. The molecule has 0 bridgehead atoms. The van der Waals surface area contributed by atoms with Gasteiger partial charge in [0.05, 0.1) is 18.2 Å². The maximum Gasteiger partial charge on any atom is 0.338 e. The molecule has 5 nitrogen and oxygen atoms in total. The molecule has 1 heterocycles. The van der Waals surface area contributed by atoms with E-state index < -0.39 is 6.04 Å². The van der Waals surface area contributed by atoms with Crippen LogP contribution in [0.15, 0.2) is 41.6 Å². The predicted molar refractivity (Wildman–Crippen MR) is 79.4 cm³/mol. The number of carbonyl (C=O) groups excluding carboxylic acids is 2. The number of nitrogens with one attached hydrogen (secondary N) is 1. The summed E-state index contributed by atoms with van der Waals surface area (Å²) in [5.74, 6) is -0.387. The van der Waals surface area contributed by atoms with E-state index in [0.717, 1.165) is 5.56 Å². The first-order valence-corrected chi connectivity index (χ1v) is 7.11. The van der Waals surface area contributed by atoms with Crippen LogP contribution in [-0.4, -0.2) is 30.1 Å². The van der Waals surface area contributed by atoms with E-state index in [9.17, 15) is 9.59 Å². The molecular formula is C16H20N2O3. The van der Waals surface area contributed by atoms with Crippen LogP contribution in [0.25, 0.3) is 0 Å². The molecule has 2 amide bonds. The standard InChI is InChI=1S/C16H20N2O3/c1-4-18-11(3)13(15(19)21-5-2)14(17-16(18)20)12-9-7-6-8-10-12/h6-10,14H,4-5H2,1-3H3,(H,17,20)/t14-/m1/s1. The summed E-state index contributed by atoms with van der Waals surface area (Å²) in [5, 5.41) is 2.88. The second kappa shape index (κ2) is 6.43. The fourth-order valence-electron chi connectivity index (χ4n) is 2.53. The van der Waals surface area contributed by atoms with Gasteiger partial charge in [0.2, 0.25) is 0 Å². The first kappa shape index (κ1) is 15.1. The number of ether oxygens (including phenoxy) is 1. The first-order chi connectivity index (χ1) is 10.1. The fraction of sp³-hybridized carbons (Fsp3) is 0.375. The van der Waals surface area contributed by atoms with Crippen LogP contribution in [0.3, 0.4) is 0 Å². The Morgan fingerprint density at radius 3 is 2.52 bits per heavy atom. The van der Waals surface area contributed by atoms with Crippen molar-refractivity contribution in [2.45, 2.75) is 26.8 Å². The molecule has 0 radical (unpaired) electrons. The van der Waals surface area contributed by atoms with Gasteiger partial charge in [-0.2, -0.15) is 0 Å². The van der Waals surface area contributed by atoms with Crippen molar-refractivity contribution in [3.63, 3.8) is 0 Å². The summed E-state index contributed by atoms with van der Waals surface area (Å²) in [4.78, 5) is 26.0. The Morgan fingerprint density at radius 1 is 1.29 bits per heavy atom. The van der Waals surface area contributed by atoms with E-state index >= 15 is 0 Å². The number of hydrogen-bond acceptors (Lipinski definition) is 3. The van der Waals surface area contributed by atoms with Gasteiger partial charge in [-0.1, -0.05) is 30.3 Å². The lowest BCUT2D eigenvalue weighted by Gasteiger charge is -2.34. The van der Waals surface area contributed by atoms with Crippen LogP contribution in [0.2, 0.25) is 0 Å². The van der Waals surface area contributed by atoms with Gasteiger partial charge in [-0.25, -0.2) is 9.59 Å². The van der Waals surface area contributed by atoms with E-state index in [0.29, 0.717) is 24.4 Å². The van der Waals surface area contributed by atoms with Gasteiger partial charge in [0.15, 0.2) is 0 Å². The number of carbonyl (C=O) groups is 2. The van der Waals surface area contributed by atoms with Gasteiger partial charge in [0, 0.05) is 12.2 Å². The van der Waals surface area contributed by atoms with E-state index in [4.69, 9.17) is 4.74 Å². The molecule has 0 fully saturated rings. The van der Waals surface area contributed by atoms with Crippen LogP contribution in [-0.2, 0) is 9.53 Å². The minimum Gasteiger partial charge on any atom is -0.463 e. The van der Waals surface area contributed by atoms with Crippen LogP contribution >= 0.6 is 0 Å². The average Bonchev–Trinajstić information content (AvgIpc) is 2.48. The van der Waals surface area contributed by atoms with Crippen molar-refractivity contribution in [1.29, 1.82) is 0 Å². The van der Waals surface area contributed by atoms with Gasteiger partial charge >= 0.3 is 12.0 Å². The highest BCUT2D eigenvalue weighted by Crippen LogP contribution is 2.30. The fourth-order valence-corrected chi connectivity index (χ4v) is 2.53. The first-order valence-electron chi connectivity index (χ1n) is 7.11. The smallest absolute Gasteiger partial charge is 0.338 e. The van der Waals surface area contributed by atoms with Crippen molar-refractivity contribution in [2.75, 3.05) is 13.2 Å². The molecule has 0 spiro atoms. The lowest BCUT2D eigenvalue weighted by molar-refractivity contribution is -0.139. The summed E-state index contributed by atoms with van der Waals surface area (Å²) in [7, 11) is 0. The Kier molecular flexibility index (Phi) is 4.62. The molecule has 1 aromatic rings. The SMILES string of the molecule is CCOC(=O)C1=C(C)N(CC)C(=O)N[C@@H]1c1ccccc1. The summed E-state index contributed by atoms with van der Waals surface area (Å²) in [6.45, 7) is 6.22. The zero-order valence-electron chi connectivity index (χ0n) is 12.6. The quantitative estimate of drug-likeness (QED) is 0.866. The molecule has 0 saturated carbocycles. The van der Waals surface area contributed by atoms with Crippen LogP contribution in [0, 0.1) is 0 Å². The Bertz CT molecular complexity index is 566. The van der Waals surface area contributed by atoms with E-state index in [1.165, 1.54) is 0 Å². The highest BCUT2D eigenvalue weighted by molar-refractivity contribution is 5.95. The minimum atomic E-state index is -0.472. The highest BCUT2D eigenvalue weighted by Gasteiger charge is 2.35. The number of allylic oxidation sites excluding steroid dienone is 1. The third kappa shape index (κ3) is 2.91. The Morgan fingerprint density at radius 2 is 1.95 bits per heavy atom. The molecule has 0 aromatic heterocycles. The largest absolute Gasteiger partial charge is 0.463 e. The number of hydrogen-bond donors (Lipinski definition) is 1. The molecule has 5 heteroatoms. The minimum absolute atomic E-state index is 0.197. The predicted octanol–water partition coefficient (Wildman–Crippen LogP) is 2.61. The van der Waals surface area contributed by atoms with Crippen LogP contribution < -0.4 is 5.32 Å². The monoisotopic (exact) mass is 288 g/mol. The van der Waals surface area contributed by atoms with Crippen LogP contribution in [0.4, 0.5) is 4.79 Å². The Balaban J connectivity index is 2.50. The van der Waals surface area contributed by atoms with Gasteiger partial charge in [-0.05, 0) is 26.3 Å². The number of esters is 1. The van der Waals surface area contributed by atoms with Crippen molar-refractivity contribution in [3.05, 3.63) is 47.2 Å². The van der Waals surface area contributed by atoms with Crippen LogP contribution in [0.5, 0.6) is 0 Å². The zero-order valence-corrected chi connectivity index (χ0v) is 12.6. The number of rotatable bonds is 4. The lowest BCUT2D eigenvalue weighted by Crippen LogP contribution is -2.47. The summed E-state index contributed by atoms with van der Waals surface area (Å²) >= 11 is 0. The number of nitrogens with zero attached hydrogens (tertiary/aromatic N) is 1. The molecule has 21 heavy (non-hydrogen) atoms. The Labute approximate surface area is 124 Å². The van der Waals surface area contributed by atoms with Gasteiger partial charge in [0.1, 0.15) is 0 Å². The van der Waals surface area contributed by atoms with Crippen molar-refractivity contribution < 1.29 is 14.3 Å². The summed E-state index contributed by atoms with van der Waals surface area (Å²) in [5.41, 5.74) is 2.00. The second-order valence-electron chi connectivity index (χ2n) is 4.76. The average molecular weight is 288 g/mol. The topological polar surface area (TPSA) is 58.6 Å². The maximum absolute atomic E-state index is 12.3. The van der Waals surface area contributed by atoms with Crippen molar-refractivity contribution in [1.82, 2.24) is 10.2 Å². The molecule has 1 aliphatic rings. The van der Waals surface area contributed by atoms with Crippen molar-refractivity contribution in [2.24, 2.45) is 0 Å². The number of urea groups is 1. The molecule has 2 rings (SSSR count). The van der Waals surface area contributed by atoms with Crippen molar-refractivity contribution >= 4 is 12.0 Å². The molecule has 0 saturated heterocycles. The normalized spacial score (nSPS) is 18.5. The molecule has 0 aliphatic carbocycles. The maximum atomic E-state index is 12.3. The van der Waals surface area contributed by atoms with E-state index in [1.807, 2.05) is 37.3 Å². The molecule has 112 valence electrons. The molecule has 1 aromatic carbocycles. The van der Waals surface area contributed by atoms with E-state index in [-0.39, 0.29) is 12.0 Å². The lowest BCUT2D eigenvalue weighted by atomic mass is 9.95. The van der Waals surface area contributed by atoms with Crippen molar-refractivity contribution in [3.8, 4) is 0 Å². The highest BCUT2D eigenvalue weighted by atomic mass is 16.5. The number of amides is 2. The second-order valence-corrected chi connectivity index (χ2v) is 4.76. The zero-order chi connectivity index (χ0) is 15.4. The molecule has 1 aliphatic heterocycles. The summed E-state index contributed by atoms with van der Waals surface area (Å²) < 4.78 is 5.16. The third-order valence-corrected chi connectivity index (χ3v) is 3.54. The number of benzene rings is 1. The summed E-state index contributed by atoms with van der Waals surface area (Å²) in [6, 6.07) is 8.76. The molecule has 1 atom stereocenters. The van der Waals surface area contributed by atoms with Gasteiger partial charge in [-0.15, -0.1) is 0 Å². The third-order valence-electron chi connectivity index (χ3n) is 3.54. The Hall–Kier alpha value is -2.30. The summed E-state index contributed by atoms with van der Waals surface area (Å²) in [6.07, 6.45) is 0. The van der Waals surface area contributed by atoms with Gasteiger partial charge < -0.3 is 10.1 Å². The van der Waals surface area contributed by atoms with Crippen LogP contribution in [0.1, 0.15) is 32.4 Å². The molecule has 0 unspecified atom stereocenters. The van der Waals surface area contributed by atoms with E-state index in [1.54, 1.807) is 18.7 Å². The van der Waals surface area contributed by atoms with E-state index in [2.05, 4.69) is 5.32 Å². The van der Waals surface area contributed by atoms with Gasteiger partial charge in [0.25, 0.3) is 0 Å². The molecular weight excluding hydrogens is 268 g/mol.